The molecular weight excluding hydrogens is 320 g/mol. The molecule has 0 bridgehead atoms. The van der Waals surface area contributed by atoms with Gasteiger partial charge in [0.25, 0.3) is 0 Å². The van der Waals surface area contributed by atoms with Crippen molar-refractivity contribution in [1.82, 2.24) is 10.2 Å². The number of benzene rings is 1. The van der Waals surface area contributed by atoms with Crippen LogP contribution in [0.3, 0.4) is 0 Å². The van der Waals surface area contributed by atoms with Gasteiger partial charge in [0.2, 0.25) is 0 Å². The zero-order valence-electron chi connectivity index (χ0n) is 14.4. The zero-order valence-corrected chi connectivity index (χ0v) is 14.4. The second-order valence-corrected chi connectivity index (χ2v) is 6.98. The second kappa shape index (κ2) is 8.23. The van der Waals surface area contributed by atoms with Gasteiger partial charge >= 0.3 is 12.0 Å². The van der Waals surface area contributed by atoms with E-state index in [1.165, 1.54) is 0 Å². The van der Waals surface area contributed by atoms with Crippen LogP contribution in [-0.2, 0) is 4.79 Å². The highest BCUT2D eigenvalue weighted by Crippen LogP contribution is 2.25. The first-order chi connectivity index (χ1) is 12.1. The minimum atomic E-state index is -0.721. The molecule has 1 unspecified atom stereocenters. The van der Waals surface area contributed by atoms with Crippen molar-refractivity contribution in [2.75, 3.05) is 13.1 Å². The molecule has 1 aliphatic heterocycles. The van der Waals surface area contributed by atoms with Gasteiger partial charge in [0.05, 0.1) is 12.5 Å². The number of hydrogen-bond donors (Lipinski definition) is 2. The third kappa shape index (κ3) is 4.87. The Morgan fingerprint density at radius 1 is 1.08 bits per heavy atom. The lowest BCUT2D eigenvalue weighted by Crippen LogP contribution is -2.51. The molecule has 2 aliphatic rings. The van der Waals surface area contributed by atoms with Crippen LogP contribution >= 0.6 is 0 Å². The minimum Gasteiger partial charge on any atom is -0.489 e. The Morgan fingerprint density at radius 2 is 1.80 bits per heavy atom. The molecule has 0 spiro atoms. The summed E-state index contributed by atoms with van der Waals surface area (Å²) in [6.07, 6.45) is 4.64. The van der Waals surface area contributed by atoms with E-state index in [0.717, 1.165) is 38.0 Å². The van der Waals surface area contributed by atoms with Crippen molar-refractivity contribution < 1.29 is 19.4 Å². The fourth-order valence-corrected chi connectivity index (χ4v) is 3.66. The summed E-state index contributed by atoms with van der Waals surface area (Å²) in [5, 5.41) is 12.1. The summed E-state index contributed by atoms with van der Waals surface area (Å²) >= 11 is 0. The Balaban J connectivity index is 1.46. The van der Waals surface area contributed by atoms with Crippen LogP contribution in [0.4, 0.5) is 4.79 Å². The number of carbonyl (C=O) groups excluding carboxylic acids is 1. The summed E-state index contributed by atoms with van der Waals surface area (Å²) in [6, 6.07) is 9.72. The SMILES string of the molecule is O=C(O)C1CCC(NC(=O)N2CCCC(Oc3ccccc3)C2)CC1. The highest BCUT2D eigenvalue weighted by molar-refractivity contribution is 5.75. The van der Waals surface area contributed by atoms with E-state index in [2.05, 4.69) is 5.32 Å². The predicted molar refractivity (Wildman–Crippen MR) is 93.6 cm³/mol. The van der Waals surface area contributed by atoms with Crippen molar-refractivity contribution in [1.29, 1.82) is 0 Å². The molecular formula is C19H26N2O4. The number of nitrogens with zero attached hydrogens (tertiary/aromatic N) is 1. The number of carboxylic acids is 1. The van der Waals surface area contributed by atoms with Crippen LogP contribution in [0, 0.1) is 5.92 Å². The van der Waals surface area contributed by atoms with E-state index >= 15 is 0 Å². The number of carboxylic acid groups (broad SMARTS) is 1. The van der Waals surface area contributed by atoms with Crippen LogP contribution in [0.5, 0.6) is 5.75 Å². The molecule has 3 rings (SSSR count). The van der Waals surface area contributed by atoms with Gasteiger partial charge in [-0.1, -0.05) is 18.2 Å². The molecule has 2 fully saturated rings. The number of para-hydroxylation sites is 1. The number of piperidine rings is 1. The molecule has 1 aromatic carbocycles. The largest absolute Gasteiger partial charge is 0.489 e. The number of amides is 2. The van der Waals surface area contributed by atoms with Crippen molar-refractivity contribution in [3.05, 3.63) is 30.3 Å². The summed E-state index contributed by atoms with van der Waals surface area (Å²) in [5.41, 5.74) is 0. The lowest BCUT2D eigenvalue weighted by molar-refractivity contribution is -0.142. The molecule has 1 aromatic rings. The van der Waals surface area contributed by atoms with E-state index in [1.54, 1.807) is 0 Å². The average Bonchev–Trinajstić information content (AvgIpc) is 2.63. The Kier molecular flexibility index (Phi) is 5.79. The molecule has 2 N–H and O–H groups in total. The smallest absolute Gasteiger partial charge is 0.317 e. The van der Waals surface area contributed by atoms with E-state index < -0.39 is 5.97 Å². The fourth-order valence-electron chi connectivity index (χ4n) is 3.66. The summed E-state index contributed by atoms with van der Waals surface area (Å²) in [4.78, 5) is 25.3. The molecule has 1 saturated heterocycles. The van der Waals surface area contributed by atoms with Crippen LogP contribution in [0.15, 0.2) is 30.3 Å². The highest BCUT2D eigenvalue weighted by Gasteiger charge is 2.29. The molecule has 1 atom stereocenters. The molecule has 6 heteroatoms. The van der Waals surface area contributed by atoms with Gasteiger partial charge in [0.1, 0.15) is 11.9 Å². The minimum absolute atomic E-state index is 0.0182. The van der Waals surface area contributed by atoms with Gasteiger partial charge in [-0.3, -0.25) is 4.79 Å². The maximum absolute atomic E-state index is 12.5. The molecule has 6 nitrogen and oxygen atoms in total. The third-order valence-electron chi connectivity index (χ3n) is 5.12. The van der Waals surface area contributed by atoms with Gasteiger partial charge in [-0.15, -0.1) is 0 Å². The van der Waals surface area contributed by atoms with E-state index in [4.69, 9.17) is 9.84 Å². The molecule has 136 valence electrons. The topological polar surface area (TPSA) is 78.9 Å². The molecule has 2 amide bonds. The number of carbonyl (C=O) groups is 2. The van der Waals surface area contributed by atoms with Crippen molar-refractivity contribution in [3.63, 3.8) is 0 Å². The summed E-state index contributed by atoms with van der Waals surface area (Å²) in [6.45, 7) is 1.33. The van der Waals surface area contributed by atoms with Gasteiger partial charge in [-0.05, 0) is 50.7 Å². The van der Waals surface area contributed by atoms with Gasteiger partial charge in [0, 0.05) is 12.6 Å². The number of ether oxygens (including phenoxy) is 1. The van der Waals surface area contributed by atoms with Crippen molar-refractivity contribution in [3.8, 4) is 5.75 Å². The second-order valence-electron chi connectivity index (χ2n) is 6.98. The van der Waals surface area contributed by atoms with Gasteiger partial charge in [-0.25, -0.2) is 4.79 Å². The van der Waals surface area contributed by atoms with E-state index in [0.29, 0.717) is 19.4 Å². The Labute approximate surface area is 148 Å². The monoisotopic (exact) mass is 346 g/mol. The zero-order chi connectivity index (χ0) is 17.6. The average molecular weight is 346 g/mol. The molecule has 1 heterocycles. The maximum Gasteiger partial charge on any atom is 0.317 e. The van der Waals surface area contributed by atoms with Crippen molar-refractivity contribution >= 4 is 12.0 Å². The molecule has 0 radical (unpaired) electrons. The number of aliphatic carboxylic acids is 1. The standard InChI is InChI=1S/C19H26N2O4/c22-18(23)14-8-10-15(11-9-14)20-19(24)21-12-4-7-17(13-21)25-16-5-2-1-3-6-16/h1-3,5-6,14-15,17H,4,7-13H2,(H,20,24)(H,22,23). The van der Waals surface area contributed by atoms with Crippen molar-refractivity contribution in [2.45, 2.75) is 50.7 Å². The van der Waals surface area contributed by atoms with Gasteiger partial charge in [0.15, 0.2) is 0 Å². The first-order valence-corrected chi connectivity index (χ1v) is 9.12. The lowest BCUT2D eigenvalue weighted by atomic mass is 9.86. The quantitative estimate of drug-likeness (QED) is 0.879. The third-order valence-corrected chi connectivity index (χ3v) is 5.12. The predicted octanol–water partition coefficient (Wildman–Crippen LogP) is 2.88. The lowest BCUT2D eigenvalue weighted by Gasteiger charge is -2.35. The van der Waals surface area contributed by atoms with Crippen LogP contribution in [0.2, 0.25) is 0 Å². The van der Waals surface area contributed by atoms with E-state index in [9.17, 15) is 9.59 Å². The Morgan fingerprint density at radius 3 is 2.48 bits per heavy atom. The van der Waals surface area contributed by atoms with E-state index in [-0.39, 0.29) is 24.1 Å². The van der Waals surface area contributed by atoms with Crippen LogP contribution in [0.25, 0.3) is 0 Å². The summed E-state index contributed by atoms with van der Waals surface area (Å²) in [7, 11) is 0. The number of likely N-dealkylation sites (tertiary alicyclic amines) is 1. The number of urea groups is 1. The number of nitrogens with one attached hydrogen (secondary N) is 1. The molecule has 0 aromatic heterocycles. The summed E-state index contributed by atoms with van der Waals surface area (Å²) < 4.78 is 5.98. The maximum atomic E-state index is 12.5. The Bertz CT molecular complexity index is 584. The summed E-state index contributed by atoms with van der Waals surface area (Å²) in [5.74, 6) is -0.143. The van der Waals surface area contributed by atoms with Crippen LogP contribution in [-0.4, -0.2) is 47.2 Å². The number of hydrogen-bond acceptors (Lipinski definition) is 3. The normalized spacial score (nSPS) is 26.7. The van der Waals surface area contributed by atoms with Crippen LogP contribution in [0.1, 0.15) is 38.5 Å². The fraction of sp³-hybridized carbons (Fsp3) is 0.579. The van der Waals surface area contributed by atoms with Gasteiger partial charge < -0.3 is 20.1 Å². The van der Waals surface area contributed by atoms with E-state index in [1.807, 2.05) is 35.2 Å². The first-order valence-electron chi connectivity index (χ1n) is 9.12. The molecule has 25 heavy (non-hydrogen) atoms. The Hall–Kier alpha value is -2.24. The van der Waals surface area contributed by atoms with Gasteiger partial charge in [-0.2, -0.15) is 0 Å². The molecule has 1 aliphatic carbocycles. The highest BCUT2D eigenvalue weighted by atomic mass is 16.5. The number of rotatable bonds is 4. The van der Waals surface area contributed by atoms with Crippen molar-refractivity contribution in [2.24, 2.45) is 5.92 Å². The molecule has 1 saturated carbocycles. The van der Waals surface area contributed by atoms with Crippen LogP contribution < -0.4 is 10.1 Å². The first kappa shape index (κ1) is 17.6.